The zero-order valence-electron chi connectivity index (χ0n) is 19.4. The number of hydrogen-bond acceptors (Lipinski definition) is 3. The molecular formula is C25H29F3N4OP+. The fourth-order valence-electron chi connectivity index (χ4n) is 3.56. The van der Waals surface area contributed by atoms with Gasteiger partial charge in [0.15, 0.2) is 5.70 Å². The van der Waals surface area contributed by atoms with Crippen LogP contribution in [0.3, 0.4) is 0 Å². The lowest BCUT2D eigenvalue weighted by Crippen LogP contribution is -2.34. The van der Waals surface area contributed by atoms with E-state index in [9.17, 15) is 18.0 Å². The molecule has 0 aromatic heterocycles. The average Bonchev–Trinajstić information content (AvgIpc) is 2.75. The number of alkyl halides is 3. The molecule has 0 aliphatic carbocycles. The Bertz CT molecular complexity index is 1120. The standard InChI is InChI=1S/C25H28F3N4OP/c1-5-19(25(26,27)28)11-10-16(3)12-22(33)31-20-9-7-8-18(13-20)17(4)30-23-14-29-21-15-32(6-2)24(21)34-23/h5,7-11,13-15,17,23,30,34H,3,6,12H2,1-2,4H3/p+1/b11-10-,19-5+. The summed E-state index contributed by atoms with van der Waals surface area (Å²) in [6.45, 7) is 10.1. The number of nitrogens with zero attached hydrogens (tertiary/aromatic N) is 2. The maximum absolute atomic E-state index is 12.8. The van der Waals surface area contributed by atoms with Crippen molar-refractivity contribution < 1.29 is 22.5 Å². The Morgan fingerprint density at radius 1 is 1.35 bits per heavy atom. The second-order valence-electron chi connectivity index (χ2n) is 8.02. The average molecular weight is 490 g/mol. The highest BCUT2D eigenvalue weighted by Gasteiger charge is 2.33. The Morgan fingerprint density at radius 2 is 2.12 bits per heavy atom. The van der Waals surface area contributed by atoms with Crippen molar-refractivity contribution in [2.75, 3.05) is 11.9 Å². The van der Waals surface area contributed by atoms with E-state index in [1.165, 1.54) is 18.4 Å². The van der Waals surface area contributed by atoms with Crippen LogP contribution in [-0.4, -0.2) is 41.4 Å². The largest absolute Gasteiger partial charge is 0.416 e. The molecule has 0 fully saturated rings. The number of hydrogen-bond donors (Lipinski definition) is 2. The number of nitrogens with one attached hydrogen (secondary N) is 2. The number of anilines is 1. The molecule has 1 aromatic carbocycles. The topological polar surface area (TPSA) is 56.5 Å². The Morgan fingerprint density at radius 3 is 2.79 bits per heavy atom. The minimum absolute atomic E-state index is 0.0293. The Balaban J connectivity index is 1.53. The molecule has 5 nitrogen and oxygen atoms in total. The summed E-state index contributed by atoms with van der Waals surface area (Å²) in [5.41, 5.74) is 3.47. The molecule has 3 rings (SSSR count). The third-order valence-electron chi connectivity index (χ3n) is 5.43. The van der Waals surface area contributed by atoms with E-state index in [2.05, 4.69) is 46.8 Å². The van der Waals surface area contributed by atoms with E-state index in [0.29, 0.717) is 14.3 Å². The lowest BCUT2D eigenvalue weighted by molar-refractivity contribution is -0.467. The monoisotopic (exact) mass is 489 g/mol. The summed E-state index contributed by atoms with van der Waals surface area (Å²) in [5.74, 6) is -0.202. The molecule has 180 valence electrons. The van der Waals surface area contributed by atoms with Gasteiger partial charge in [-0.15, -0.1) is 0 Å². The van der Waals surface area contributed by atoms with Gasteiger partial charge in [0.05, 0.1) is 17.8 Å². The highest BCUT2D eigenvalue weighted by atomic mass is 31.1. The van der Waals surface area contributed by atoms with Crippen LogP contribution in [0.15, 0.2) is 76.3 Å². The summed E-state index contributed by atoms with van der Waals surface area (Å²) in [6.07, 6.45) is 2.59. The quantitative estimate of drug-likeness (QED) is 0.267. The van der Waals surface area contributed by atoms with Crippen LogP contribution in [0.5, 0.6) is 0 Å². The summed E-state index contributed by atoms with van der Waals surface area (Å²) in [7, 11) is 0.596. The molecule has 1 amide bonds. The second kappa shape index (κ2) is 11.1. The molecule has 0 saturated carbocycles. The van der Waals surface area contributed by atoms with E-state index < -0.39 is 11.7 Å². The van der Waals surface area contributed by atoms with Crippen LogP contribution in [0.4, 0.5) is 18.9 Å². The van der Waals surface area contributed by atoms with Crippen molar-refractivity contribution >= 4 is 32.6 Å². The molecule has 3 unspecified atom stereocenters. The lowest BCUT2D eigenvalue weighted by Gasteiger charge is -2.25. The van der Waals surface area contributed by atoms with Gasteiger partial charge in [0.2, 0.25) is 17.6 Å². The third kappa shape index (κ3) is 6.61. The molecule has 2 aliphatic heterocycles. The van der Waals surface area contributed by atoms with Gasteiger partial charge in [0.1, 0.15) is 6.54 Å². The molecule has 0 radical (unpaired) electrons. The molecule has 2 N–H and O–H groups in total. The van der Waals surface area contributed by atoms with Crippen LogP contribution in [0.2, 0.25) is 0 Å². The molecule has 3 atom stereocenters. The first-order valence-electron chi connectivity index (χ1n) is 11.0. The predicted octanol–water partition coefficient (Wildman–Crippen LogP) is 5.66. The molecule has 2 heterocycles. The molecular weight excluding hydrogens is 460 g/mol. The minimum Gasteiger partial charge on any atom is -0.326 e. The van der Waals surface area contributed by atoms with E-state index >= 15 is 0 Å². The SMILES string of the molecule is C=C(/C=C\C(=C/C)C(F)(F)F)CC(=O)Nc1cccc(C(C)NC2C=NC3=C(P2)[N+](CC)=C3)c1. The Hall–Kier alpha value is -2.83. The normalized spacial score (nSPS) is 19.6. The van der Waals surface area contributed by atoms with E-state index in [-0.39, 0.29) is 29.7 Å². The van der Waals surface area contributed by atoms with Gasteiger partial charge in [0.25, 0.3) is 0 Å². The van der Waals surface area contributed by atoms with Crippen molar-refractivity contribution in [3.63, 3.8) is 0 Å². The Labute approximate surface area is 199 Å². The summed E-state index contributed by atoms with van der Waals surface area (Å²) in [6, 6.07) is 7.53. The van der Waals surface area contributed by atoms with Gasteiger partial charge < -0.3 is 5.32 Å². The number of aliphatic imine (C=N–C) groups is 1. The van der Waals surface area contributed by atoms with Gasteiger partial charge in [-0.25, -0.2) is 4.99 Å². The molecule has 0 saturated heterocycles. The number of carbonyl (C=O) groups is 1. The van der Waals surface area contributed by atoms with Crippen LogP contribution >= 0.6 is 8.58 Å². The van der Waals surface area contributed by atoms with E-state index in [4.69, 9.17) is 0 Å². The summed E-state index contributed by atoms with van der Waals surface area (Å²) >= 11 is 0. The van der Waals surface area contributed by atoms with Gasteiger partial charge in [-0.2, -0.15) is 17.7 Å². The Kier molecular flexibility index (Phi) is 8.39. The fraction of sp³-hybridized carbons (Fsp3) is 0.320. The summed E-state index contributed by atoms with van der Waals surface area (Å²) < 4.78 is 40.6. The molecule has 0 bridgehead atoms. The van der Waals surface area contributed by atoms with Crippen molar-refractivity contribution in [2.45, 2.75) is 45.2 Å². The van der Waals surface area contributed by atoms with Crippen LogP contribution in [0, 0.1) is 0 Å². The zero-order valence-corrected chi connectivity index (χ0v) is 20.4. The molecule has 2 aliphatic rings. The van der Waals surface area contributed by atoms with Crippen LogP contribution in [0.1, 0.15) is 38.8 Å². The number of carbonyl (C=O) groups excluding carboxylic acids is 1. The first kappa shape index (κ1) is 25.8. The first-order valence-corrected chi connectivity index (χ1v) is 12.1. The first-order chi connectivity index (χ1) is 16.1. The lowest BCUT2D eigenvalue weighted by atomic mass is 10.1. The molecule has 9 heteroatoms. The molecule has 0 spiro atoms. The fourth-order valence-corrected chi connectivity index (χ4v) is 5.01. The van der Waals surface area contributed by atoms with Gasteiger partial charge in [-0.3, -0.25) is 10.1 Å². The molecule has 1 aromatic rings. The zero-order chi connectivity index (χ0) is 24.9. The second-order valence-corrected chi connectivity index (χ2v) is 9.41. The predicted molar refractivity (Wildman–Crippen MR) is 134 cm³/mol. The number of amides is 1. The van der Waals surface area contributed by atoms with Crippen LogP contribution < -0.4 is 10.6 Å². The van der Waals surface area contributed by atoms with Gasteiger partial charge in [-0.1, -0.05) is 36.9 Å². The minimum atomic E-state index is -4.44. The van der Waals surface area contributed by atoms with Crippen molar-refractivity contribution in [3.05, 3.63) is 76.9 Å². The maximum Gasteiger partial charge on any atom is 0.416 e. The summed E-state index contributed by atoms with van der Waals surface area (Å²) in [4.78, 5) is 16.9. The van der Waals surface area contributed by atoms with Crippen molar-refractivity contribution in [2.24, 2.45) is 4.99 Å². The van der Waals surface area contributed by atoms with Gasteiger partial charge in [0, 0.05) is 26.5 Å². The van der Waals surface area contributed by atoms with E-state index in [0.717, 1.165) is 30.0 Å². The summed E-state index contributed by atoms with van der Waals surface area (Å²) in [5, 5.41) is 6.38. The molecule has 34 heavy (non-hydrogen) atoms. The number of halogens is 3. The maximum atomic E-state index is 12.8. The van der Waals surface area contributed by atoms with Crippen molar-refractivity contribution in [3.8, 4) is 0 Å². The van der Waals surface area contributed by atoms with Gasteiger partial charge >= 0.3 is 6.18 Å². The third-order valence-corrected chi connectivity index (χ3v) is 6.87. The van der Waals surface area contributed by atoms with Crippen LogP contribution in [0.25, 0.3) is 0 Å². The van der Waals surface area contributed by atoms with Crippen LogP contribution in [-0.2, 0) is 4.79 Å². The number of benzene rings is 1. The highest BCUT2D eigenvalue weighted by Crippen LogP contribution is 2.38. The number of rotatable bonds is 9. The van der Waals surface area contributed by atoms with E-state index in [1.54, 1.807) is 6.07 Å². The van der Waals surface area contributed by atoms with Gasteiger partial charge in [-0.05, 0) is 44.0 Å². The van der Waals surface area contributed by atoms with E-state index in [1.807, 2.05) is 24.4 Å². The number of allylic oxidation sites excluding steroid dienone is 5. The van der Waals surface area contributed by atoms with Crippen molar-refractivity contribution in [1.82, 2.24) is 5.32 Å². The van der Waals surface area contributed by atoms with Crippen molar-refractivity contribution in [1.29, 1.82) is 0 Å². The highest BCUT2D eigenvalue weighted by molar-refractivity contribution is 7.44. The smallest absolute Gasteiger partial charge is 0.326 e.